The van der Waals surface area contributed by atoms with Crippen LogP contribution in [0.1, 0.15) is 18.1 Å². The topological polar surface area (TPSA) is 78.1 Å². The van der Waals surface area contributed by atoms with E-state index in [1.807, 2.05) is 19.1 Å². The summed E-state index contributed by atoms with van der Waals surface area (Å²) in [5, 5.41) is 2.91. The van der Waals surface area contributed by atoms with Crippen LogP contribution < -0.4 is 25.3 Å². The molecule has 0 aromatic heterocycles. The van der Waals surface area contributed by atoms with E-state index in [0.717, 1.165) is 11.1 Å². The number of nitrogens with one attached hydrogen (secondary N) is 1. The Morgan fingerprint density at radius 3 is 2.31 bits per heavy atom. The quantitative estimate of drug-likeness (QED) is 0.307. The Kier molecular flexibility index (Phi) is 9.86. The van der Waals surface area contributed by atoms with Gasteiger partial charge in [-0.25, -0.2) is 4.99 Å². The summed E-state index contributed by atoms with van der Waals surface area (Å²) in [6.07, 6.45) is -4.71. The summed E-state index contributed by atoms with van der Waals surface area (Å²) in [5.41, 5.74) is 7.47. The molecule has 29 heavy (non-hydrogen) atoms. The van der Waals surface area contributed by atoms with Gasteiger partial charge in [-0.2, -0.15) is 0 Å². The van der Waals surface area contributed by atoms with E-state index in [4.69, 9.17) is 15.2 Å². The van der Waals surface area contributed by atoms with Crippen LogP contribution in [-0.4, -0.2) is 26.0 Å². The number of ether oxygens (including phenoxy) is 3. The van der Waals surface area contributed by atoms with Gasteiger partial charge >= 0.3 is 6.36 Å². The zero-order valence-corrected chi connectivity index (χ0v) is 18.3. The zero-order chi connectivity index (χ0) is 20.6. The van der Waals surface area contributed by atoms with Crippen molar-refractivity contribution in [2.75, 3.05) is 13.7 Å². The van der Waals surface area contributed by atoms with Crippen molar-refractivity contribution in [2.45, 2.75) is 26.4 Å². The van der Waals surface area contributed by atoms with Crippen molar-refractivity contribution in [3.8, 4) is 17.2 Å². The number of rotatable bonds is 8. The molecule has 0 heterocycles. The van der Waals surface area contributed by atoms with Crippen LogP contribution >= 0.6 is 24.0 Å². The Morgan fingerprint density at radius 2 is 1.72 bits per heavy atom. The average molecular weight is 525 g/mol. The third-order valence-electron chi connectivity index (χ3n) is 3.59. The second-order valence-corrected chi connectivity index (χ2v) is 5.66. The summed E-state index contributed by atoms with van der Waals surface area (Å²) in [4.78, 5) is 4.25. The number of hydrogen-bond donors (Lipinski definition) is 2. The predicted molar refractivity (Wildman–Crippen MR) is 115 cm³/mol. The van der Waals surface area contributed by atoms with Gasteiger partial charge in [0.15, 0.2) is 17.5 Å². The monoisotopic (exact) mass is 525 g/mol. The van der Waals surface area contributed by atoms with Gasteiger partial charge in [-0.3, -0.25) is 0 Å². The number of hydrogen-bond acceptors (Lipinski definition) is 4. The number of benzene rings is 2. The maximum Gasteiger partial charge on any atom is 0.573 e. The van der Waals surface area contributed by atoms with Crippen LogP contribution in [0.15, 0.2) is 47.5 Å². The molecule has 0 aliphatic carbocycles. The number of methoxy groups -OCH3 is 1. The Balaban J connectivity index is 0.00000420. The van der Waals surface area contributed by atoms with Crippen molar-refractivity contribution in [1.29, 1.82) is 0 Å². The number of nitrogens with zero attached hydrogens (tertiary/aromatic N) is 1. The minimum atomic E-state index is -4.71. The second kappa shape index (κ2) is 11.6. The molecule has 0 aliphatic heterocycles. The standard InChI is InChI=1S/C19H22F3N3O3.HI/c1-3-27-17-10-14(6-9-16(17)26-2)12-25-18(23)24-11-13-4-7-15(8-5-13)28-19(20,21)22;/h4-10H,3,11-12H2,1-2H3,(H3,23,24,25);1H. The molecule has 0 saturated carbocycles. The number of guanidine groups is 1. The first-order chi connectivity index (χ1) is 13.3. The fourth-order valence-corrected chi connectivity index (χ4v) is 2.32. The van der Waals surface area contributed by atoms with E-state index in [9.17, 15) is 13.2 Å². The van der Waals surface area contributed by atoms with E-state index in [1.54, 1.807) is 13.2 Å². The average Bonchev–Trinajstić information content (AvgIpc) is 2.65. The molecule has 2 rings (SSSR count). The molecule has 0 unspecified atom stereocenters. The highest BCUT2D eigenvalue weighted by Crippen LogP contribution is 2.28. The smallest absolute Gasteiger partial charge is 0.493 e. The largest absolute Gasteiger partial charge is 0.573 e. The van der Waals surface area contributed by atoms with Crippen LogP contribution in [0.25, 0.3) is 0 Å². The van der Waals surface area contributed by atoms with Crippen molar-refractivity contribution < 1.29 is 27.4 Å². The summed E-state index contributed by atoms with van der Waals surface area (Å²) in [7, 11) is 1.57. The first kappa shape index (κ1) is 24.7. The molecule has 0 atom stereocenters. The molecule has 0 bridgehead atoms. The van der Waals surface area contributed by atoms with Gasteiger partial charge in [0.05, 0.1) is 20.3 Å². The molecule has 0 saturated heterocycles. The second-order valence-electron chi connectivity index (χ2n) is 5.66. The van der Waals surface area contributed by atoms with Gasteiger partial charge in [0.25, 0.3) is 0 Å². The molecule has 160 valence electrons. The summed E-state index contributed by atoms with van der Waals surface area (Å²) in [6, 6.07) is 11.0. The SMILES string of the molecule is CCOc1cc(CN=C(N)NCc2ccc(OC(F)(F)F)cc2)ccc1OC.I. The van der Waals surface area contributed by atoms with E-state index in [-0.39, 0.29) is 35.7 Å². The van der Waals surface area contributed by atoms with Crippen LogP contribution in [0.2, 0.25) is 0 Å². The van der Waals surface area contributed by atoms with Crippen molar-refractivity contribution >= 4 is 29.9 Å². The minimum Gasteiger partial charge on any atom is -0.493 e. The number of aliphatic imine (C=N–C) groups is 1. The Labute approximate surface area is 184 Å². The van der Waals surface area contributed by atoms with Crippen LogP contribution in [0.4, 0.5) is 13.2 Å². The zero-order valence-electron chi connectivity index (χ0n) is 16.0. The fourth-order valence-electron chi connectivity index (χ4n) is 2.32. The van der Waals surface area contributed by atoms with Gasteiger partial charge in [0, 0.05) is 6.54 Å². The van der Waals surface area contributed by atoms with Crippen molar-refractivity contribution in [3.63, 3.8) is 0 Å². The van der Waals surface area contributed by atoms with Gasteiger partial charge < -0.3 is 25.3 Å². The summed E-state index contributed by atoms with van der Waals surface area (Å²) in [5.74, 6) is 1.20. The third kappa shape index (κ3) is 8.67. The summed E-state index contributed by atoms with van der Waals surface area (Å²) < 4.78 is 51.0. The molecule has 0 aliphatic rings. The number of alkyl halides is 3. The molecule has 0 fully saturated rings. The Bertz CT molecular complexity index is 800. The van der Waals surface area contributed by atoms with Crippen molar-refractivity contribution in [1.82, 2.24) is 5.32 Å². The fraction of sp³-hybridized carbons (Fsp3) is 0.316. The Hall–Kier alpha value is -2.37. The molecular formula is C19H23F3IN3O3. The van der Waals surface area contributed by atoms with Crippen molar-refractivity contribution in [3.05, 3.63) is 53.6 Å². The maximum atomic E-state index is 12.1. The number of nitrogens with two attached hydrogens (primary N) is 1. The summed E-state index contributed by atoms with van der Waals surface area (Å²) in [6.45, 7) is 3.04. The van der Waals surface area contributed by atoms with Crippen LogP contribution in [0, 0.1) is 0 Å². The van der Waals surface area contributed by atoms with E-state index in [2.05, 4.69) is 15.0 Å². The number of halogens is 4. The van der Waals surface area contributed by atoms with Gasteiger partial charge in [-0.15, -0.1) is 37.1 Å². The van der Waals surface area contributed by atoms with E-state index in [1.165, 1.54) is 24.3 Å². The van der Waals surface area contributed by atoms with Gasteiger partial charge in [0.2, 0.25) is 0 Å². The highest BCUT2D eigenvalue weighted by atomic mass is 127. The first-order valence-electron chi connectivity index (χ1n) is 8.49. The molecular weight excluding hydrogens is 502 g/mol. The van der Waals surface area contributed by atoms with Crippen LogP contribution in [-0.2, 0) is 13.1 Å². The highest BCUT2D eigenvalue weighted by Gasteiger charge is 2.30. The molecule has 2 aromatic rings. The van der Waals surface area contributed by atoms with E-state index >= 15 is 0 Å². The molecule has 3 N–H and O–H groups in total. The van der Waals surface area contributed by atoms with Gasteiger partial charge in [-0.05, 0) is 42.3 Å². The van der Waals surface area contributed by atoms with E-state index < -0.39 is 6.36 Å². The lowest BCUT2D eigenvalue weighted by Crippen LogP contribution is -2.31. The molecule has 0 radical (unpaired) electrons. The Morgan fingerprint density at radius 1 is 1.07 bits per heavy atom. The summed E-state index contributed by atoms with van der Waals surface area (Å²) >= 11 is 0. The van der Waals surface area contributed by atoms with E-state index in [0.29, 0.717) is 31.2 Å². The first-order valence-corrected chi connectivity index (χ1v) is 8.49. The normalized spacial score (nSPS) is 11.4. The van der Waals surface area contributed by atoms with Crippen LogP contribution in [0.3, 0.4) is 0 Å². The lowest BCUT2D eigenvalue weighted by Gasteiger charge is -2.11. The molecule has 0 amide bonds. The molecule has 0 spiro atoms. The van der Waals surface area contributed by atoms with Gasteiger partial charge in [-0.1, -0.05) is 18.2 Å². The molecule has 6 nitrogen and oxygen atoms in total. The van der Waals surface area contributed by atoms with Crippen LogP contribution in [0.5, 0.6) is 17.2 Å². The molecule has 10 heteroatoms. The van der Waals surface area contributed by atoms with Gasteiger partial charge in [0.1, 0.15) is 5.75 Å². The third-order valence-corrected chi connectivity index (χ3v) is 3.59. The lowest BCUT2D eigenvalue weighted by atomic mass is 10.2. The maximum absolute atomic E-state index is 12.1. The predicted octanol–water partition coefficient (Wildman–Crippen LogP) is 4.22. The minimum absolute atomic E-state index is 0. The lowest BCUT2D eigenvalue weighted by molar-refractivity contribution is -0.274. The molecule has 2 aromatic carbocycles. The van der Waals surface area contributed by atoms with Crippen molar-refractivity contribution in [2.24, 2.45) is 10.7 Å². The highest BCUT2D eigenvalue weighted by molar-refractivity contribution is 14.0.